The highest BCUT2D eigenvalue weighted by Gasteiger charge is 2.27. The number of imidazole rings is 1. The summed E-state index contributed by atoms with van der Waals surface area (Å²) in [7, 11) is 1.89. The van der Waals surface area contributed by atoms with E-state index in [1.54, 1.807) is 31.4 Å². The minimum Gasteiger partial charge on any atom is -0.497 e. The van der Waals surface area contributed by atoms with Crippen LogP contribution in [-0.4, -0.2) is 41.3 Å². The highest BCUT2D eigenvalue weighted by Crippen LogP contribution is 2.24. The number of benzene rings is 2. The van der Waals surface area contributed by atoms with Crippen LogP contribution >= 0.6 is 0 Å². The van der Waals surface area contributed by atoms with Crippen molar-refractivity contribution in [3.8, 4) is 11.5 Å². The molecule has 0 aliphatic carbocycles. The average Bonchev–Trinajstić information content (AvgIpc) is 3.20. The van der Waals surface area contributed by atoms with Gasteiger partial charge in [-0.25, -0.2) is 13.2 Å². The van der Waals surface area contributed by atoms with Crippen LogP contribution in [0, 0.1) is 13.8 Å². The van der Waals surface area contributed by atoms with Crippen LogP contribution in [0.5, 0.6) is 11.5 Å². The van der Waals surface area contributed by atoms with Crippen LogP contribution in [0.3, 0.4) is 0 Å². The van der Waals surface area contributed by atoms with E-state index in [0.717, 1.165) is 21.3 Å². The predicted octanol–water partition coefficient (Wildman–Crippen LogP) is 2.09. The van der Waals surface area contributed by atoms with Crippen molar-refractivity contribution < 1.29 is 17.9 Å². The van der Waals surface area contributed by atoms with Crippen LogP contribution in [0.15, 0.2) is 51.1 Å². The summed E-state index contributed by atoms with van der Waals surface area (Å²) >= 11 is 0. The summed E-state index contributed by atoms with van der Waals surface area (Å²) in [6.45, 7) is 3.78. The molecule has 4 aromatic rings. The summed E-state index contributed by atoms with van der Waals surface area (Å²) in [5.74, 6) is 0.807. The Morgan fingerprint density at radius 1 is 0.861 bits per heavy atom. The second-order valence-corrected chi connectivity index (χ2v) is 10.6. The molecule has 0 unspecified atom stereocenters. The van der Waals surface area contributed by atoms with Gasteiger partial charge in [0.15, 0.2) is 11.2 Å². The van der Waals surface area contributed by atoms with Gasteiger partial charge in [0, 0.05) is 14.1 Å². The van der Waals surface area contributed by atoms with Crippen molar-refractivity contribution in [2.75, 3.05) is 14.2 Å². The van der Waals surface area contributed by atoms with E-state index in [2.05, 4.69) is 4.98 Å². The van der Waals surface area contributed by atoms with Gasteiger partial charge in [0.1, 0.15) is 11.5 Å². The van der Waals surface area contributed by atoms with Crippen LogP contribution in [0.25, 0.3) is 11.2 Å². The number of aromatic nitrogens is 4. The average molecular weight is 513 g/mol. The Labute approximate surface area is 208 Å². The van der Waals surface area contributed by atoms with Crippen molar-refractivity contribution in [1.82, 2.24) is 18.7 Å². The number of nitrogens with zero attached hydrogens (tertiary/aromatic N) is 4. The van der Waals surface area contributed by atoms with E-state index < -0.39 is 21.1 Å². The molecule has 2 heterocycles. The molecule has 0 saturated heterocycles. The van der Waals surface area contributed by atoms with Gasteiger partial charge in [0.05, 0.1) is 26.5 Å². The molecule has 0 amide bonds. The van der Waals surface area contributed by atoms with E-state index in [4.69, 9.17) is 9.47 Å². The molecule has 0 aliphatic heterocycles. The van der Waals surface area contributed by atoms with Crippen LogP contribution in [-0.2, 0) is 36.2 Å². The Bertz CT molecular complexity index is 1710. The van der Waals surface area contributed by atoms with Gasteiger partial charge in [-0.15, -0.1) is 0 Å². The van der Waals surface area contributed by atoms with Gasteiger partial charge in [-0.2, -0.15) is 4.98 Å². The van der Waals surface area contributed by atoms with E-state index in [1.165, 1.54) is 30.3 Å². The van der Waals surface area contributed by atoms with Crippen LogP contribution in [0.2, 0.25) is 0 Å². The molecule has 0 spiro atoms. The van der Waals surface area contributed by atoms with E-state index in [-0.39, 0.29) is 28.6 Å². The second-order valence-electron chi connectivity index (χ2n) is 8.70. The van der Waals surface area contributed by atoms with Gasteiger partial charge in [-0.05, 0) is 60.4 Å². The fourth-order valence-corrected chi connectivity index (χ4v) is 5.73. The summed E-state index contributed by atoms with van der Waals surface area (Å²) in [6.07, 6.45) is 0. The number of hydrogen-bond acceptors (Lipinski definition) is 7. The first-order chi connectivity index (χ1) is 17.0. The number of sulfone groups is 1. The fourth-order valence-electron chi connectivity index (χ4n) is 4.14. The number of hydrogen-bond donors (Lipinski definition) is 0. The highest BCUT2D eigenvalue weighted by atomic mass is 32.2. The molecule has 2 aromatic carbocycles. The molecule has 10 nitrogen and oxygen atoms in total. The van der Waals surface area contributed by atoms with Gasteiger partial charge in [-0.1, -0.05) is 12.1 Å². The molecular formula is C25H28N4O6S. The lowest BCUT2D eigenvalue weighted by Crippen LogP contribution is -2.39. The molecule has 36 heavy (non-hydrogen) atoms. The third kappa shape index (κ3) is 4.30. The third-order valence-electron chi connectivity index (χ3n) is 6.38. The molecule has 0 saturated carbocycles. The summed E-state index contributed by atoms with van der Waals surface area (Å²) in [5.41, 5.74) is 1.83. The minimum atomic E-state index is -3.99. The highest BCUT2D eigenvalue weighted by molar-refractivity contribution is 7.90. The van der Waals surface area contributed by atoms with Crippen LogP contribution in [0.1, 0.15) is 22.3 Å². The molecular weight excluding hydrogens is 484 g/mol. The maximum Gasteiger partial charge on any atom is 0.332 e. The summed E-state index contributed by atoms with van der Waals surface area (Å²) in [6, 6.07) is 10.7. The number of aryl methyl sites for hydroxylation is 3. The first kappa shape index (κ1) is 25.2. The lowest BCUT2D eigenvalue weighted by atomic mass is 10.1. The number of methoxy groups -OCH3 is 2. The van der Waals surface area contributed by atoms with E-state index in [9.17, 15) is 18.0 Å². The molecule has 0 bridgehead atoms. The SMILES string of the molecule is COc1ccc(C)c(Cn2c(=O)n(C)c(=O)c3c2nc(S(=O)(=O)Cc2cc(OC)ccc2C)n3C)c1. The molecule has 0 radical (unpaired) electrons. The third-order valence-corrected chi connectivity index (χ3v) is 7.99. The smallest absolute Gasteiger partial charge is 0.332 e. The fraction of sp³-hybridized carbons (Fsp3) is 0.320. The lowest BCUT2D eigenvalue weighted by molar-refractivity contribution is 0.414. The predicted molar refractivity (Wildman–Crippen MR) is 136 cm³/mol. The molecule has 11 heteroatoms. The number of fused-ring (bicyclic) bond motifs is 1. The quantitative estimate of drug-likeness (QED) is 0.372. The second kappa shape index (κ2) is 9.30. The first-order valence-electron chi connectivity index (χ1n) is 11.1. The van der Waals surface area contributed by atoms with Crippen molar-refractivity contribution in [3.05, 3.63) is 79.5 Å². The molecule has 0 fully saturated rings. The van der Waals surface area contributed by atoms with Gasteiger partial charge in [0.2, 0.25) is 15.0 Å². The zero-order valence-corrected chi connectivity index (χ0v) is 21.8. The van der Waals surface area contributed by atoms with Crippen LogP contribution in [0.4, 0.5) is 0 Å². The summed E-state index contributed by atoms with van der Waals surface area (Å²) in [4.78, 5) is 30.5. The van der Waals surface area contributed by atoms with Crippen molar-refractivity contribution >= 4 is 21.0 Å². The Hall–Kier alpha value is -3.86. The minimum absolute atomic E-state index is 0.00811. The number of rotatable bonds is 7. The Morgan fingerprint density at radius 2 is 1.42 bits per heavy atom. The van der Waals surface area contributed by atoms with Gasteiger partial charge < -0.3 is 14.0 Å². The molecule has 0 aliphatic rings. The summed E-state index contributed by atoms with van der Waals surface area (Å²) in [5, 5.41) is -0.293. The van der Waals surface area contributed by atoms with Gasteiger partial charge in [-0.3, -0.25) is 13.9 Å². The van der Waals surface area contributed by atoms with E-state index >= 15 is 0 Å². The monoisotopic (exact) mass is 512 g/mol. The lowest BCUT2D eigenvalue weighted by Gasteiger charge is -2.12. The molecule has 4 rings (SSSR count). The first-order valence-corrected chi connectivity index (χ1v) is 12.8. The molecule has 2 aromatic heterocycles. The van der Waals surface area contributed by atoms with E-state index in [0.29, 0.717) is 17.1 Å². The largest absolute Gasteiger partial charge is 0.497 e. The van der Waals surface area contributed by atoms with Crippen molar-refractivity contribution in [2.45, 2.75) is 31.3 Å². The maximum atomic E-state index is 13.5. The standard InChI is InChI=1S/C25H28N4O6S/c1-15-7-9-19(34-5)11-17(15)13-29-22-21(23(30)28(4)25(29)31)27(3)24(26-22)36(32,33)14-18-12-20(35-6)10-8-16(18)2/h7-12H,13-14H2,1-6H3. The van der Waals surface area contributed by atoms with Gasteiger partial charge >= 0.3 is 5.69 Å². The molecule has 190 valence electrons. The Morgan fingerprint density at radius 3 is 2.00 bits per heavy atom. The van der Waals surface area contributed by atoms with Crippen molar-refractivity contribution in [1.29, 1.82) is 0 Å². The van der Waals surface area contributed by atoms with Crippen molar-refractivity contribution in [2.24, 2.45) is 14.1 Å². The zero-order chi connectivity index (χ0) is 26.4. The maximum absolute atomic E-state index is 13.5. The normalized spacial score (nSPS) is 11.7. The Balaban J connectivity index is 1.91. The van der Waals surface area contributed by atoms with Crippen LogP contribution < -0.4 is 20.7 Å². The topological polar surface area (TPSA) is 114 Å². The molecule has 0 atom stereocenters. The van der Waals surface area contributed by atoms with E-state index in [1.807, 2.05) is 26.0 Å². The summed E-state index contributed by atoms with van der Waals surface area (Å²) < 4.78 is 41.1. The number of ether oxygens (including phenoxy) is 2. The van der Waals surface area contributed by atoms with Gasteiger partial charge in [0.25, 0.3) is 5.56 Å². The zero-order valence-electron chi connectivity index (χ0n) is 21.0. The molecule has 0 N–H and O–H groups in total. The van der Waals surface area contributed by atoms with Crippen molar-refractivity contribution in [3.63, 3.8) is 0 Å². The Kier molecular flexibility index (Phi) is 6.52.